The largest absolute Gasteiger partial charge is 0.343 e. The highest BCUT2D eigenvalue weighted by Gasteiger charge is 2.25. The Morgan fingerprint density at radius 1 is 1.33 bits per heavy atom. The van der Waals surface area contributed by atoms with Crippen molar-refractivity contribution in [1.82, 2.24) is 4.90 Å². The molecular formula is C9H16NO2. The predicted octanol–water partition coefficient (Wildman–Crippen LogP) is 1.21. The number of carbonyl (C=O) groups is 1. The zero-order chi connectivity index (χ0) is 9.19. The van der Waals surface area contributed by atoms with Gasteiger partial charge in [0.25, 0.3) is 0 Å². The molecule has 1 rings (SSSR count). The molecular weight excluding hydrogens is 154 g/mol. The number of amides is 1. The molecule has 12 heavy (non-hydrogen) atoms. The lowest BCUT2D eigenvalue weighted by Crippen LogP contribution is -2.33. The lowest BCUT2D eigenvalue weighted by Gasteiger charge is -2.19. The molecule has 1 aliphatic heterocycles. The average molecular weight is 170 g/mol. The molecule has 0 aromatic heterocycles. The zero-order valence-electron chi connectivity index (χ0n) is 7.80. The SMILES string of the molecule is CC(C)([O])CC(=O)N1CCCC1. The van der Waals surface area contributed by atoms with Crippen molar-refractivity contribution in [1.29, 1.82) is 0 Å². The van der Waals surface area contributed by atoms with Crippen molar-refractivity contribution in [2.45, 2.75) is 38.7 Å². The summed E-state index contributed by atoms with van der Waals surface area (Å²) in [5.74, 6) is 0.0208. The quantitative estimate of drug-likeness (QED) is 0.614. The second-order valence-electron chi connectivity index (χ2n) is 4.02. The van der Waals surface area contributed by atoms with Gasteiger partial charge in [-0.1, -0.05) is 0 Å². The van der Waals surface area contributed by atoms with Gasteiger partial charge in [-0.05, 0) is 26.7 Å². The predicted molar refractivity (Wildman–Crippen MR) is 45.2 cm³/mol. The van der Waals surface area contributed by atoms with E-state index >= 15 is 0 Å². The number of likely N-dealkylation sites (tertiary alicyclic amines) is 1. The number of nitrogens with zero attached hydrogens (tertiary/aromatic N) is 1. The van der Waals surface area contributed by atoms with E-state index in [4.69, 9.17) is 0 Å². The van der Waals surface area contributed by atoms with Crippen LogP contribution < -0.4 is 0 Å². The third-order valence-corrected chi connectivity index (χ3v) is 2.04. The van der Waals surface area contributed by atoms with Crippen LogP contribution in [0.25, 0.3) is 0 Å². The Bertz CT molecular complexity index is 166. The van der Waals surface area contributed by atoms with E-state index < -0.39 is 5.60 Å². The van der Waals surface area contributed by atoms with Crippen LogP contribution in [0.15, 0.2) is 0 Å². The number of hydrogen-bond donors (Lipinski definition) is 0. The Labute approximate surface area is 73.4 Å². The van der Waals surface area contributed by atoms with Gasteiger partial charge in [-0.25, -0.2) is 5.11 Å². The summed E-state index contributed by atoms with van der Waals surface area (Å²) in [6.07, 6.45) is 2.31. The molecule has 1 amide bonds. The Hall–Kier alpha value is -0.570. The molecule has 1 aliphatic rings. The van der Waals surface area contributed by atoms with Gasteiger partial charge in [0, 0.05) is 13.1 Å². The first-order valence-electron chi connectivity index (χ1n) is 4.47. The van der Waals surface area contributed by atoms with Gasteiger partial charge < -0.3 is 4.90 Å². The molecule has 0 unspecified atom stereocenters. The summed E-state index contributed by atoms with van der Waals surface area (Å²) in [6, 6.07) is 0. The first-order valence-corrected chi connectivity index (χ1v) is 4.47. The van der Waals surface area contributed by atoms with Crippen molar-refractivity contribution < 1.29 is 9.90 Å². The first-order chi connectivity index (χ1) is 5.49. The van der Waals surface area contributed by atoms with Gasteiger partial charge in [0.05, 0.1) is 6.42 Å². The van der Waals surface area contributed by atoms with Gasteiger partial charge in [0.1, 0.15) is 5.60 Å². The van der Waals surface area contributed by atoms with E-state index in [1.165, 1.54) is 0 Å². The molecule has 1 fully saturated rings. The summed E-state index contributed by atoms with van der Waals surface area (Å²) in [5, 5.41) is 11.2. The molecule has 1 saturated heterocycles. The minimum absolute atomic E-state index is 0.0208. The lowest BCUT2D eigenvalue weighted by atomic mass is 10.1. The summed E-state index contributed by atoms with van der Waals surface area (Å²) in [4.78, 5) is 13.2. The monoisotopic (exact) mass is 170 g/mol. The van der Waals surface area contributed by atoms with Crippen LogP contribution in [-0.2, 0) is 9.90 Å². The van der Waals surface area contributed by atoms with Crippen molar-refractivity contribution in [2.24, 2.45) is 0 Å². The number of hydrogen-bond acceptors (Lipinski definition) is 1. The summed E-state index contributed by atoms with van der Waals surface area (Å²) in [6.45, 7) is 4.80. The summed E-state index contributed by atoms with van der Waals surface area (Å²) in [7, 11) is 0. The topological polar surface area (TPSA) is 40.2 Å². The Morgan fingerprint density at radius 2 is 1.83 bits per heavy atom. The van der Waals surface area contributed by atoms with E-state index in [1.54, 1.807) is 18.7 Å². The molecule has 0 atom stereocenters. The minimum Gasteiger partial charge on any atom is -0.343 e. The maximum Gasteiger partial charge on any atom is 0.225 e. The Kier molecular flexibility index (Phi) is 2.73. The highest BCUT2D eigenvalue weighted by atomic mass is 16.3. The van der Waals surface area contributed by atoms with Crippen molar-refractivity contribution >= 4 is 5.91 Å². The van der Waals surface area contributed by atoms with Gasteiger partial charge in [0.15, 0.2) is 0 Å². The molecule has 0 bridgehead atoms. The fourth-order valence-corrected chi connectivity index (χ4v) is 1.44. The average Bonchev–Trinajstić information content (AvgIpc) is 2.32. The molecule has 0 spiro atoms. The van der Waals surface area contributed by atoms with Crippen molar-refractivity contribution in [3.63, 3.8) is 0 Å². The van der Waals surface area contributed by atoms with Crippen LogP contribution in [0.4, 0.5) is 0 Å². The zero-order valence-corrected chi connectivity index (χ0v) is 7.80. The standard InChI is InChI=1S/C9H16NO2/c1-9(2,12)7-8(11)10-5-3-4-6-10/h3-7H2,1-2H3. The van der Waals surface area contributed by atoms with Crippen LogP contribution in [0.3, 0.4) is 0 Å². The molecule has 3 nitrogen and oxygen atoms in total. The molecule has 0 aromatic carbocycles. The molecule has 69 valence electrons. The second kappa shape index (κ2) is 3.44. The third-order valence-electron chi connectivity index (χ3n) is 2.04. The van der Waals surface area contributed by atoms with E-state index in [1.807, 2.05) is 0 Å². The molecule has 1 heterocycles. The van der Waals surface area contributed by atoms with Crippen LogP contribution in [0.1, 0.15) is 33.1 Å². The highest BCUT2D eigenvalue weighted by molar-refractivity contribution is 5.77. The normalized spacial score (nSPS) is 18.4. The van der Waals surface area contributed by atoms with Crippen LogP contribution in [0, 0.1) is 0 Å². The van der Waals surface area contributed by atoms with Crippen LogP contribution in [0.2, 0.25) is 0 Å². The molecule has 3 heteroatoms. The number of carbonyl (C=O) groups excluding carboxylic acids is 1. The van der Waals surface area contributed by atoms with Crippen molar-refractivity contribution in [3.8, 4) is 0 Å². The fraction of sp³-hybridized carbons (Fsp3) is 0.889. The molecule has 1 radical (unpaired) electrons. The maximum absolute atomic E-state index is 11.4. The highest BCUT2D eigenvalue weighted by Crippen LogP contribution is 2.14. The maximum atomic E-state index is 11.4. The molecule has 0 aromatic rings. The van der Waals surface area contributed by atoms with E-state index in [0.717, 1.165) is 25.9 Å². The van der Waals surface area contributed by atoms with Gasteiger partial charge in [-0.3, -0.25) is 4.79 Å². The van der Waals surface area contributed by atoms with Gasteiger partial charge in [-0.2, -0.15) is 0 Å². The van der Waals surface area contributed by atoms with Gasteiger partial charge in [0.2, 0.25) is 5.91 Å². The third kappa shape index (κ3) is 2.81. The summed E-state index contributed by atoms with van der Waals surface area (Å²) in [5.41, 5.74) is -1.11. The second-order valence-corrected chi connectivity index (χ2v) is 4.02. The smallest absolute Gasteiger partial charge is 0.225 e. The van der Waals surface area contributed by atoms with Gasteiger partial charge >= 0.3 is 0 Å². The van der Waals surface area contributed by atoms with Crippen molar-refractivity contribution in [2.75, 3.05) is 13.1 Å². The van der Waals surface area contributed by atoms with E-state index in [2.05, 4.69) is 0 Å². The summed E-state index contributed by atoms with van der Waals surface area (Å²) < 4.78 is 0. The van der Waals surface area contributed by atoms with Gasteiger partial charge in [-0.15, -0.1) is 0 Å². The van der Waals surface area contributed by atoms with E-state index in [0.29, 0.717) is 0 Å². The molecule has 0 saturated carbocycles. The Morgan fingerprint density at radius 3 is 2.25 bits per heavy atom. The van der Waals surface area contributed by atoms with Crippen molar-refractivity contribution in [3.05, 3.63) is 0 Å². The number of rotatable bonds is 2. The van der Waals surface area contributed by atoms with E-state index in [9.17, 15) is 9.90 Å². The van der Waals surface area contributed by atoms with Crippen LogP contribution >= 0.6 is 0 Å². The summed E-state index contributed by atoms with van der Waals surface area (Å²) >= 11 is 0. The van der Waals surface area contributed by atoms with Crippen LogP contribution in [0.5, 0.6) is 0 Å². The van der Waals surface area contributed by atoms with E-state index in [-0.39, 0.29) is 12.3 Å². The molecule has 0 N–H and O–H groups in total. The lowest BCUT2D eigenvalue weighted by molar-refractivity contribution is -0.136. The minimum atomic E-state index is -1.11. The molecule has 0 aliphatic carbocycles. The van der Waals surface area contributed by atoms with Crippen LogP contribution in [-0.4, -0.2) is 29.5 Å². The fourth-order valence-electron chi connectivity index (χ4n) is 1.44. The Balaban J connectivity index is 2.37. The first kappa shape index (κ1) is 9.52.